The van der Waals surface area contributed by atoms with Crippen LogP contribution in [0.25, 0.3) is 0 Å². The van der Waals surface area contributed by atoms with Gasteiger partial charge in [-0.05, 0) is 4.92 Å². The van der Waals surface area contributed by atoms with Crippen LogP contribution in [0.4, 0.5) is 5.82 Å². The Labute approximate surface area is 91.5 Å². The van der Waals surface area contributed by atoms with E-state index in [1.165, 1.54) is 6.20 Å². The molecule has 0 spiro atoms. The predicted molar refractivity (Wildman–Crippen MR) is 55.9 cm³/mol. The van der Waals surface area contributed by atoms with Gasteiger partial charge in [-0.3, -0.25) is 4.68 Å². The maximum absolute atomic E-state index is 10.8. The zero-order chi connectivity index (χ0) is 11.7. The Balaban J connectivity index is 2.33. The van der Waals surface area contributed by atoms with Gasteiger partial charge in [0.05, 0.1) is 6.20 Å². The normalized spacial score (nSPS) is 10.6. The third-order valence-electron chi connectivity index (χ3n) is 2.32. The van der Waals surface area contributed by atoms with E-state index in [0.29, 0.717) is 12.4 Å². The first-order valence-electron chi connectivity index (χ1n) is 4.72. The molecule has 16 heavy (non-hydrogen) atoms. The van der Waals surface area contributed by atoms with Crippen molar-refractivity contribution in [2.24, 2.45) is 7.05 Å². The smallest absolute Gasteiger partial charge is 0.343 e. The topological polar surface area (TPSA) is 78.8 Å². The number of nitro groups is 1. The number of aromatic nitrogens is 4. The summed E-state index contributed by atoms with van der Waals surface area (Å²) in [5, 5.41) is 14.8. The van der Waals surface area contributed by atoms with E-state index in [1.54, 1.807) is 29.4 Å². The molecule has 84 valence electrons. The van der Waals surface area contributed by atoms with Gasteiger partial charge in [0.2, 0.25) is 0 Å². The summed E-state index contributed by atoms with van der Waals surface area (Å²) in [6.07, 6.45) is 4.78. The van der Waals surface area contributed by atoms with E-state index in [-0.39, 0.29) is 5.82 Å². The van der Waals surface area contributed by atoms with Gasteiger partial charge in [-0.1, -0.05) is 0 Å². The Kier molecular flexibility index (Phi) is 2.43. The van der Waals surface area contributed by atoms with Gasteiger partial charge >= 0.3 is 5.82 Å². The zero-order valence-corrected chi connectivity index (χ0v) is 8.99. The summed E-state index contributed by atoms with van der Waals surface area (Å²) in [6, 6.07) is 0. The molecule has 0 aromatic carbocycles. The van der Waals surface area contributed by atoms with Crippen molar-refractivity contribution in [1.82, 2.24) is 19.3 Å². The summed E-state index contributed by atoms with van der Waals surface area (Å²) in [4.78, 5) is 14.3. The van der Waals surface area contributed by atoms with Crippen molar-refractivity contribution < 1.29 is 4.92 Å². The molecule has 2 heterocycles. The highest BCUT2D eigenvalue weighted by Crippen LogP contribution is 2.15. The molecule has 0 saturated carbocycles. The Bertz CT molecular complexity index is 528. The number of rotatable bonds is 3. The number of aryl methyl sites for hydroxylation is 2. The molecule has 2 aromatic heterocycles. The van der Waals surface area contributed by atoms with Crippen LogP contribution >= 0.6 is 0 Å². The predicted octanol–water partition coefficient (Wildman–Crippen LogP) is 0.882. The lowest BCUT2D eigenvalue weighted by Crippen LogP contribution is -2.05. The number of imidazole rings is 1. The van der Waals surface area contributed by atoms with Crippen molar-refractivity contribution in [1.29, 1.82) is 0 Å². The number of nitrogens with zero attached hydrogens (tertiary/aromatic N) is 5. The van der Waals surface area contributed by atoms with Gasteiger partial charge in [-0.2, -0.15) is 5.10 Å². The molecule has 0 radical (unpaired) electrons. The van der Waals surface area contributed by atoms with E-state index in [0.717, 1.165) is 5.56 Å². The average Bonchev–Trinajstić information content (AvgIpc) is 2.76. The van der Waals surface area contributed by atoms with Crippen molar-refractivity contribution >= 4 is 5.82 Å². The highest BCUT2D eigenvalue weighted by Gasteiger charge is 2.17. The van der Waals surface area contributed by atoms with Crippen LogP contribution in [0.5, 0.6) is 0 Å². The maximum atomic E-state index is 10.8. The lowest BCUT2D eigenvalue weighted by molar-refractivity contribution is -0.392. The van der Waals surface area contributed by atoms with Crippen molar-refractivity contribution in [2.75, 3.05) is 0 Å². The first kappa shape index (κ1) is 10.3. The van der Waals surface area contributed by atoms with Crippen molar-refractivity contribution in [3.05, 3.63) is 40.1 Å². The van der Waals surface area contributed by atoms with Crippen molar-refractivity contribution in [3.63, 3.8) is 0 Å². The fourth-order valence-electron chi connectivity index (χ4n) is 1.53. The monoisotopic (exact) mass is 221 g/mol. The maximum Gasteiger partial charge on any atom is 0.343 e. The minimum absolute atomic E-state index is 0.00125. The van der Waals surface area contributed by atoms with Crippen LogP contribution < -0.4 is 0 Å². The van der Waals surface area contributed by atoms with Crippen LogP contribution in [0.15, 0.2) is 18.6 Å². The largest absolute Gasteiger partial charge is 0.358 e. The Morgan fingerprint density at radius 2 is 2.25 bits per heavy atom. The second-order valence-electron chi connectivity index (χ2n) is 3.53. The van der Waals surface area contributed by atoms with Crippen LogP contribution in [-0.2, 0) is 13.6 Å². The minimum Gasteiger partial charge on any atom is -0.358 e. The molecule has 7 heteroatoms. The molecule has 0 aliphatic heterocycles. The SMILES string of the molecule is Cc1ncc([N+](=O)[O-])n1Cc1cnn(C)c1. The van der Waals surface area contributed by atoms with Crippen LogP contribution in [0.2, 0.25) is 0 Å². The lowest BCUT2D eigenvalue weighted by Gasteiger charge is -2.00. The average molecular weight is 221 g/mol. The van der Waals surface area contributed by atoms with Crippen molar-refractivity contribution in [2.45, 2.75) is 13.5 Å². The third kappa shape index (κ3) is 1.79. The van der Waals surface area contributed by atoms with E-state index in [4.69, 9.17) is 0 Å². The highest BCUT2D eigenvalue weighted by molar-refractivity contribution is 5.21. The molecule has 0 N–H and O–H groups in total. The molecule has 0 amide bonds. The van der Waals surface area contributed by atoms with Crippen LogP contribution in [0, 0.1) is 17.0 Å². The minimum atomic E-state index is -0.434. The van der Waals surface area contributed by atoms with Gasteiger partial charge < -0.3 is 10.1 Å². The highest BCUT2D eigenvalue weighted by atomic mass is 16.6. The Morgan fingerprint density at radius 1 is 1.50 bits per heavy atom. The summed E-state index contributed by atoms with van der Waals surface area (Å²) in [5.74, 6) is 0.622. The second kappa shape index (κ2) is 3.76. The van der Waals surface area contributed by atoms with E-state index in [2.05, 4.69) is 10.1 Å². The van der Waals surface area contributed by atoms with Crippen LogP contribution in [0.1, 0.15) is 11.4 Å². The Morgan fingerprint density at radius 3 is 2.81 bits per heavy atom. The molecule has 7 nitrogen and oxygen atoms in total. The molecular weight excluding hydrogens is 210 g/mol. The summed E-state index contributed by atoms with van der Waals surface area (Å²) < 4.78 is 3.21. The molecule has 0 atom stereocenters. The molecule has 0 bridgehead atoms. The third-order valence-corrected chi connectivity index (χ3v) is 2.32. The molecular formula is C9H11N5O2. The molecule has 0 fully saturated rings. The van der Waals surface area contributed by atoms with E-state index < -0.39 is 4.92 Å². The van der Waals surface area contributed by atoms with Gasteiger partial charge in [0, 0.05) is 25.7 Å². The fourth-order valence-corrected chi connectivity index (χ4v) is 1.53. The summed E-state index contributed by atoms with van der Waals surface area (Å²) >= 11 is 0. The van der Waals surface area contributed by atoms with Gasteiger partial charge in [0.25, 0.3) is 0 Å². The van der Waals surface area contributed by atoms with E-state index >= 15 is 0 Å². The second-order valence-corrected chi connectivity index (χ2v) is 3.53. The van der Waals surface area contributed by atoms with E-state index in [1.807, 2.05) is 6.20 Å². The molecule has 0 unspecified atom stereocenters. The first-order chi connectivity index (χ1) is 7.58. The van der Waals surface area contributed by atoms with Crippen molar-refractivity contribution in [3.8, 4) is 0 Å². The van der Waals surface area contributed by atoms with Gasteiger partial charge in [-0.15, -0.1) is 0 Å². The first-order valence-corrected chi connectivity index (χ1v) is 4.72. The van der Waals surface area contributed by atoms with Crippen LogP contribution in [-0.4, -0.2) is 24.3 Å². The summed E-state index contributed by atoms with van der Waals surface area (Å²) in [7, 11) is 1.80. The molecule has 0 aliphatic carbocycles. The number of hydrogen-bond donors (Lipinski definition) is 0. The van der Waals surface area contributed by atoms with E-state index in [9.17, 15) is 10.1 Å². The lowest BCUT2D eigenvalue weighted by atomic mass is 10.3. The molecule has 0 aliphatic rings. The number of hydrogen-bond acceptors (Lipinski definition) is 4. The fraction of sp³-hybridized carbons (Fsp3) is 0.333. The zero-order valence-electron chi connectivity index (χ0n) is 8.99. The standard InChI is InChI=1S/C9H11N5O2/c1-7-10-4-9(14(15)16)13(7)6-8-3-11-12(2)5-8/h3-5H,6H2,1-2H3. The van der Waals surface area contributed by atoms with Gasteiger partial charge in [0.15, 0.2) is 5.82 Å². The summed E-state index contributed by atoms with van der Waals surface area (Å²) in [5.41, 5.74) is 0.909. The molecule has 2 aromatic rings. The Hall–Kier alpha value is -2.18. The van der Waals surface area contributed by atoms with Crippen LogP contribution in [0.3, 0.4) is 0 Å². The molecule has 2 rings (SSSR count). The molecule has 0 saturated heterocycles. The van der Waals surface area contributed by atoms with Gasteiger partial charge in [0.1, 0.15) is 12.7 Å². The van der Waals surface area contributed by atoms with Gasteiger partial charge in [-0.25, -0.2) is 9.55 Å². The quantitative estimate of drug-likeness (QED) is 0.569. The summed E-state index contributed by atoms with van der Waals surface area (Å²) in [6.45, 7) is 2.15.